The maximum Gasteiger partial charge on any atom is 0.407 e. The summed E-state index contributed by atoms with van der Waals surface area (Å²) in [6.07, 6.45) is 5.06. The zero-order valence-electron chi connectivity index (χ0n) is 22.2. The van der Waals surface area contributed by atoms with Crippen LogP contribution in [0.4, 0.5) is 4.79 Å². The molecule has 9 nitrogen and oxygen atoms in total. The second-order valence-corrected chi connectivity index (χ2v) is 10.7. The van der Waals surface area contributed by atoms with Gasteiger partial charge >= 0.3 is 6.09 Å². The first-order valence-electron chi connectivity index (χ1n) is 13.8. The topological polar surface area (TPSA) is 125 Å². The lowest BCUT2D eigenvalue weighted by Crippen LogP contribution is -2.57. The van der Waals surface area contributed by atoms with E-state index >= 15 is 0 Å². The Labute approximate surface area is 228 Å². The van der Waals surface area contributed by atoms with Crippen molar-refractivity contribution in [3.05, 3.63) is 78.2 Å². The molecule has 0 spiro atoms. The van der Waals surface area contributed by atoms with E-state index < -0.39 is 11.7 Å². The van der Waals surface area contributed by atoms with Gasteiger partial charge in [0.15, 0.2) is 5.69 Å². The molecule has 0 bridgehead atoms. The third-order valence-electron chi connectivity index (χ3n) is 8.24. The molecule has 1 unspecified atom stereocenters. The lowest BCUT2D eigenvalue weighted by atomic mass is 9.77. The molecule has 1 saturated carbocycles. The van der Waals surface area contributed by atoms with Gasteiger partial charge in [0.2, 0.25) is 0 Å². The molecule has 1 saturated heterocycles. The molecule has 4 N–H and O–H groups in total. The highest BCUT2D eigenvalue weighted by atomic mass is 16.4. The van der Waals surface area contributed by atoms with Crippen molar-refractivity contribution in [3.63, 3.8) is 0 Å². The van der Waals surface area contributed by atoms with Gasteiger partial charge in [-0.3, -0.25) is 4.79 Å². The zero-order valence-corrected chi connectivity index (χ0v) is 22.2. The van der Waals surface area contributed by atoms with Gasteiger partial charge in [0.1, 0.15) is 0 Å². The number of aliphatic hydroxyl groups is 1. The summed E-state index contributed by atoms with van der Waals surface area (Å²) in [6.45, 7) is 1.14. The van der Waals surface area contributed by atoms with Crippen LogP contribution in [0.15, 0.2) is 67.0 Å². The van der Waals surface area contributed by atoms with Gasteiger partial charge in [-0.1, -0.05) is 73.5 Å². The first-order valence-corrected chi connectivity index (χ1v) is 13.8. The summed E-state index contributed by atoms with van der Waals surface area (Å²) in [5.74, 6) is -0.225. The van der Waals surface area contributed by atoms with E-state index in [1.807, 2.05) is 65.2 Å². The van der Waals surface area contributed by atoms with Gasteiger partial charge in [-0.2, -0.15) is 0 Å². The van der Waals surface area contributed by atoms with Gasteiger partial charge < -0.3 is 30.3 Å². The highest BCUT2D eigenvalue weighted by Crippen LogP contribution is 2.42. The quantitative estimate of drug-likeness (QED) is 0.426. The predicted molar refractivity (Wildman–Crippen MR) is 148 cm³/mol. The molecule has 39 heavy (non-hydrogen) atoms. The van der Waals surface area contributed by atoms with Gasteiger partial charge in [0.05, 0.1) is 29.7 Å². The molecular formula is C30H37N5O4. The molecule has 9 heteroatoms. The molecular weight excluding hydrogens is 494 g/mol. The average molecular weight is 532 g/mol. The van der Waals surface area contributed by atoms with Crippen LogP contribution in [0.2, 0.25) is 0 Å². The van der Waals surface area contributed by atoms with Crippen molar-refractivity contribution < 1.29 is 19.8 Å². The third kappa shape index (κ3) is 5.55. The summed E-state index contributed by atoms with van der Waals surface area (Å²) in [5, 5.41) is 21.3. The number of nitrogens with two attached hydrogens (primary N) is 1. The van der Waals surface area contributed by atoms with E-state index in [0.29, 0.717) is 37.2 Å². The number of rotatable bonds is 7. The highest BCUT2D eigenvalue weighted by Gasteiger charge is 2.42. The molecule has 1 aromatic heterocycles. The smallest absolute Gasteiger partial charge is 0.407 e. The Morgan fingerprint density at radius 3 is 2.44 bits per heavy atom. The molecule has 2 amide bonds. The SMILES string of the molecule is NCCC1(O)CCCC[C@@H]1n1cnc(C(=O)N2CCN(C(=O)O)C[C@H]2Cc2ccccc2)c1-c1ccccc1. The first-order chi connectivity index (χ1) is 18.9. The van der Waals surface area contributed by atoms with E-state index in [4.69, 9.17) is 5.73 Å². The third-order valence-corrected chi connectivity index (χ3v) is 8.24. The largest absolute Gasteiger partial charge is 0.465 e. The van der Waals surface area contributed by atoms with Gasteiger partial charge in [0, 0.05) is 25.2 Å². The molecule has 2 aromatic carbocycles. The Morgan fingerprint density at radius 2 is 1.74 bits per heavy atom. The van der Waals surface area contributed by atoms with E-state index in [1.165, 1.54) is 4.90 Å². The van der Waals surface area contributed by atoms with Crippen LogP contribution in [-0.2, 0) is 6.42 Å². The molecule has 2 aliphatic rings. The van der Waals surface area contributed by atoms with Gasteiger partial charge in [0.25, 0.3) is 5.91 Å². The number of carbonyl (C=O) groups is 2. The number of piperazine rings is 1. The number of imidazole rings is 1. The van der Waals surface area contributed by atoms with Crippen molar-refractivity contribution in [1.29, 1.82) is 0 Å². The van der Waals surface area contributed by atoms with Crippen LogP contribution in [0, 0.1) is 0 Å². The monoisotopic (exact) mass is 531 g/mol. The number of carbonyl (C=O) groups excluding carboxylic acids is 1. The number of amides is 2. The molecule has 2 fully saturated rings. The fourth-order valence-electron chi connectivity index (χ4n) is 6.27. The fraction of sp³-hybridized carbons (Fsp3) is 0.433. The van der Waals surface area contributed by atoms with Crippen molar-refractivity contribution in [3.8, 4) is 11.3 Å². The molecule has 1 aliphatic carbocycles. The number of hydrogen-bond acceptors (Lipinski definition) is 5. The fourth-order valence-corrected chi connectivity index (χ4v) is 6.27. The minimum Gasteiger partial charge on any atom is -0.465 e. The van der Waals surface area contributed by atoms with E-state index in [2.05, 4.69) is 4.98 Å². The number of hydrogen-bond donors (Lipinski definition) is 3. The molecule has 0 radical (unpaired) electrons. The Morgan fingerprint density at radius 1 is 1.03 bits per heavy atom. The first kappa shape index (κ1) is 26.9. The average Bonchev–Trinajstić information content (AvgIpc) is 3.38. The number of nitrogens with zero attached hydrogens (tertiary/aromatic N) is 4. The second kappa shape index (κ2) is 11.6. The van der Waals surface area contributed by atoms with Crippen molar-refractivity contribution in [1.82, 2.24) is 19.4 Å². The minimum absolute atomic E-state index is 0.225. The minimum atomic E-state index is -0.981. The number of carboxylic acid groups (broad SMARTS) is 1. The van der Waals surface area contributed by atoms with Crippen LogP contribution in [0.25, 0.3) is 11.3 Å². The zero-order chi connectivity index (χ0) is 27.4. The molecule has 2 heterocycles. The summed E-state index contributed by atoms with van der Waals surface area (Å²) in [4.78, 5) is 33.9. The van der Waals surface area contributed by atoms with E-state index in [-0.39, 0.29) is 37.6 Å². The number of benzene rings is 2. The lowest BCUT2D eigenvalue weighted by Gasteiger charge is -2.42. The van der Waals surface area contributed by atoms with Crippen molar-refractivity contribution in [2.45, 2.75) is 56.2 Å². The second-order valence-electron chi connectivity index (χ2n) is 10.7. The molecule has 1 aliphatic heterocycles. The Balaban J connectivity index is 1.54. The van der Waals surface area contributed by atoms with Crippen LogP contribution in [0.5, 0.6) is 0 Å². The van der Waals surface area contributed by atoms with Gasteiger partial charge in [-0.05, 0) is 37.8 Å². The standard InChI is InChI=1S/C30H37N5O4/c31-16-15-30(39)14-8-7-13-25(30)35-21-32-26(27(35)23-11-5-2-6-12-23)28(36)34-18-17-33(29(37)38)20-24(34)19-22-9-3-1-4-10-22/h1-6,9-12,21,24-25,39H,7-8,13-20,31H2,(H,37,38)/t24-,25+,30?/m1/s1. The van der Waals surface area contributed by atoms with Crippen LogP contribution < -0.4 is 5.73 Å². The summed E-state index contributed by atoms with van der Waals surface area (Å²) >= 11 is 0. The Kier molecular flexibility index (Phi) is 7.99. The van der Waals surface area contributed by atoms with Crippen LogP contribution in [0.3, 0.4) is 0 Å². The van der Waals surface area contributed by atoms with Crippen LogP contribution in [0.1, 0.15) is 54.2 Å². The summed E-state index contributed by atoms with van der Waals surface area (Å²) in [5.41, 5.74) is 7.83. The van der Waals surface area contributed by atoms with Crippen molar-refractivity contribution >= 4 is 12.0 Å². The molecule has 5 rings (SSSR count). The molecule has 206 valence electrons. The van der Waals surface area contributed by atoms with Gasteiger partial charge in [-0.15, -0.1) is 0 Å². The number of aromatic nitrogens is 2. The lowest BCUT2D eigenvalue weighted by molar-refractivity contribution is -0.0457. The van der Waals surface area contributed by atoms with Crippen molar-refractivity contribution in [2.75, 3.05) is 26.2 Å². The van der Waals surface area contributed by atoms with Crippen molar-refractivity contribution in [2.24, 2.45) is 5.73 Å². The molecule has 3 aromatic rings. The van der Waals surface area contributed by atoms with Crippen LogP contribution >= 0.6 is 0 Å². The Bertz CT molecular complexity index is 1280. The summed E-state index contributed by atoms with van der Waals surface area (Å²) in [6, 6.07) is 18.9. The predicted octanol–water partition coefficient (Wildman–Crippen LogP) is 3.79. The summed E-state index contributed by atoms with van der Waals surface area (Å²) < 4.78 is 1.98. The maximum absolute atomic E-state index is 14.3. The Hall–Kier alpha value is -3.69. The maximum atomic E-state index is 14.3. The van der Waals surface area contributed by atoms with Gasteiger partial charge in [-0.25, -0.2) is 9.78 Å². The molecule has 3 atom stereocenters. The van der Waals surface area contributed by atoms with Crippen LogP contribution in [-0.4, -0.2) is 79.4 Å². The van der Waals surface area contributed by atoms with E-state index in [1.54, 1.807) is 11.2 Å². The normalized spacial score (nSPS) is 23.5. The van der Waals surface area contributed by atoms with E-state index in [9.17, 15) is 19.8 Å². The highest BCUT2D eigenvalue weighted by molar-refractivity contribution is 5.98. The summed E-state index contributed by atoms with van der Waals surface area (Å²) in [7, 11) is 0. The van der Waals surface area contributed by atoms with E-state index in [0.717, 1.165) is 30.4 Å².